The van der Waals surface area contributed by atoms with E-state index in [1.807, 2.05) is 6.92 Å². The summed E-state index contributed by atoms with van der Waals surface area (Å²) < 4.78 is 29.8. The second kappa shape index (κ2) is 4.75. The molecule has 0 spiro atoms. The van der Waals surface area contributed by atoms with E-state index in [2.05, 4.69) is 0 Å². The van der Waals surface area contributed by atoms with Crippen LogP contribution < -0.4 is 4.28 Å². The van der Waals surface area contributed by atoms with Crippen molar-refractivity contribution in [3.05, 3.63) is 41.0 Å². The number of hydrogen-bond acceptors (Lipinski definition) is 5. The third-order valence-electron chi connectivity index (χ3n) is 2.82. The van der Waals surface area contributed by atoms with E-state index in [0.29, 0.717) is 15.9 Å². The van der Waals surface area contributed by atoms with Crippen LogP contribution in [-0.2, 0) is 10.1 Å². The molecule has 0 aliphatic heterocycles. The molecule has 7 heteroatoms. The summed E-state index contributed by atoms with van der Waals surface area (Å²) in [7, 11) is -4.16. The average Bonchev–Trinajstić information content (AvgIpc) is 2.58. The number of aromatic nitrogens is 1. The first-order valence-electron chi connectivity index (χ1n) is 5.85. The van der Waals surface area contributed by atoms with Gasteiger partial charge in [0.25, 0.3) is 0 Å². The van der Waals surface area contributed by atoms with Gasteiger partial charge in [0.1, 0.15) is 4.90 Å². The monoisotopic (exact) mass is 297 g/mol. The van der Waals surface area contributed by atoms with Gasteiger partial charge in [0.2, 0.25) is 11.8 Å². The van der Waals surface area contributed by atoms with Gasteiger partial charge in [0.05, 0.1) is 0 Å². The van der Waals surface area contributed by atoms with Crippen molar-refractivity contribution in [3.8, 4) is 11.8 Å². The SMILES string of the molecule is Cc1cc(C)c(S(=O)(=O)On2c(O)ccc2O)c(C)c1. The van der Waals surface area contributed by atoms with Crippen molar-refractivity contribution >= 4 is 10.1 Å². The molecule has 2 rings (SSSR count). The lowest BCUT2D eigenvalue weighted by atomic mass is 10.1. The highest BCUT2D eigenvalue weighted by atomic mass is 32.2. The molecule has 20 heavy (non-hydrogen) atoms. The van der Waals surface area contributed by atoms with Gasteiger partial charge in [-0.25, -0.2) is 0 Å². The standard InChI is InChI=1S/C13H15NO5S/c1-8-6-9(2)13(10(3)7-8)20(17,18)19-14-11(15)4-5-12(14)16/h4-7,15-16H,1-3H3. The molecular formula is C13H15NO5S. The van der Waals surface area contributed by atoms with E-state index in [1.54, 1.807) is 26.0 Å². The minimum atomic E-state index is -4.16. The van der Waals surface area contributed by atoms with E-state index in [0.717, 1.165) is 17.7 Å². The maximum Gasteiger partial charge on any atom is 0.357 e. The van der Waals surface area contributed by atoms with E-state index >= 15 is 0 Å². The minimum absolute atomic E-state index is 0.0237. The summed E-state index contributed by atoms with van der Waals surface area (Å²) in [6, 6.07) is 5.69. The molecule has 108 valence electrons. The van der Waals surface area contributed by atoms with Crippen LogP contribution in [0.1, 0.15) is 16.7 Å². The molecule has 0 bridgehead atoms. The van der Waals surface area contributed by atoms with Gasteiger partial charge in [0.15, 0.2) is 0 Å². The van der Waals surface area contributed by atoms with E-state index in [1.165, 1.54) is 0 Å². The lowest BCUT2D eigenvalue weighted by Crippen LogP contribution is -2.21. The Bertz CT molecular complexity index is 719. The Hall–Kier alpha value is -2.15. The molecule has 1 heterocycles. The first-order chi connectivity index (χ1) is 9.22. The van der Waals surface area contributed by atoms with Gasteiger partial charge in [0, 0.05) is 12.1 Å². The van der Waals surface area contributed by atoms with Gasteiger partial charge in [-0.2, -0.15) is 8.42 Å². The van der Waals surface area contributed by atoms with Crippen LogP contribution in [0.25, 0.3) is 0 Å². The highest BCUT2D eigenvalue weighted by Crippen LogP contribution is 2.25. The smallest absolute Gasteiger partial charge is 0.357 e. The molecule has 1 aromatic carbocycles. The third kappa shape index (κ3) is 2.44. The summed E-state index contributed by atoms with van der Waals surface area (Å²) in [4.78, 5) is 0.0237. The molecule has 1 aromatic heterocycles. The van der Waals surface area contributed by atoms with Crippen molar-refractivity contribution in [1.82, 2.24) is 4.73 Å². The van der Waals surface area contributed by atoms with Gasteiger partial charge in [-0.3, -0.25) is 4.28 Å². The largest absolute Gasteiger partial charge is 0.492 e. The molecule has 0 amide bonds. The van der Waals surface area contributed by atoms with Crippen LogP contribution >= 0.6 is 0 Å². The fourth-order valence-electron chi connectivity index (χ4n) is 2.17. The number of aryl methyl sites for hydroxylation is 3. The van der Waals surface area contributed by atoms with Crippen LogP contribution in [0.5, 0.6) is 11.8 Å². The maximum absolute atomic E-state index is 12.3. The predicted octanol–water partition coefficient (Wildman–Crippen LogP) is 1.64. The molecule has 0 atom stereocenters. The first kappa shape index (κ1) is 14.3. The van der Waals surface area contributed by atoms with Crippen LogP contribution in [0.4, 0.5) is 0 Å². The second-order valence-corrected chi connectivity index (χ2v) is 6.07. The molecule has 2 N–H and O–H groups in total. The Morgan fingerprint density at radius 2 is 1.45 bits per heavy atom. The highest BCUT2D eigenvalue weighted by Gasteiger charge is 2.24. The number of benzene rings is 1. The fraction of sp³-hybridized carbons (Fsp3) is 0.231. The summed E-state index contributed by atoms with van der Waals surface area (Å²) in [5.74, 6) is -1.01. The van der Waals surface area contributed by atoms with E-state index in [4.69, 9.17) is 4.28 Å². The first-order valence-corrected chi connectivity index (χ1v) is 7.25. The van der Waals surface area contributed by atoms with Crippen molar-refractivity contribution in [3.63, 3.8) is 0 Å². The molecule has 0 unspecified atom stereocenters. The molecular weight excluding hydrogens is 282 g/mol. The van der Waals surface area contributed by atoms with Crippen molar-refractivity contribution in [1.29, 1.82) is 0 Å². The summed E-state index contributed by atoms with van der Waals surface area (Å²) in [5, 5.41) is 18.9. The van der Waals surface area contributed by atoms with Crippen LogP contribution in [0, 0.1) is 20.8 Å². The summed E-state index contributed by atoms with van der Waals surface area (Å²) in [5.41, 5.74) is 2.01. The number of rotatable bonds is 3. The molecule has 0 radical (unpaired) electrons. The molecule has 0 aliphatic carbocycles. The van der Waals surface area contributed by atoms with Crippen molar-refractivity contribution in [2.24, 2.45) is 0 Å². The van der Waals surface area contributed by atoms with Gasteiger partial charge >= 0.3 is 10.1 Å². The van der Waals surface area contributed by atoms with E-state index < -0.39 is 21.9 Å². The lowest BCUT2D eigenvalue weighted by Gasteiger charge is -2.13. The number of nitrogens with zero attached hydrogens (tertiary/aromatic N) is 1. The molecule has 0 saturated heterocycles. The topological polar surface area (TPSA) is 88.8 Å². The molecule has 0 aliphatic rings. The quantitative estimate of drug-likeness (QED) is 0.899. The third-order valence-corrected chi connectivity index (χ3v) is 4.31. The van der Waals surface area contributed by atoms with Gasteiger partial charge in [-0.1, -0.05) is 22.4 Å². The summed E-state index contributed by atoms with van der Waals surface area (Å²) in [6.07, 6.45) is 0. The van der Waals surface area contributed by atoms with Crippen molar-refractivity contribution in [2.45, 2.75) is 25.7 Å². The number of aromatic hydroxyl groups is 2. The highest BCUT2D eigenvalue weighted by molar-refractivity contribution is 7.87. The fourth-order valence-corrected chi connectivity index (χ4v) is 3.50. The van der Waals surface area contributed by atoms with E-state index in [-0.39, 0.29) is 4.90 Å². The Morgan fingerprint density at radius 1 is 1.00 bits per heavy atom. The normalized spacial score (nSPS) is 11.6. The van der Waals surface area contributed by atoms with Gasteiger partial charge in [-0.15, -0.1) is 0 Å². The number of hydrogen-bond donors (Lipinski definition) is 2. The Labute approximate surface area is 116 Å². The molecule has 2 aromatic rings. The van der Waals surface area contributed by atoms with Crippen molar-refractivity contribution in [2.75, 3.05) is 0 Å². The minimum Gasteiger partial charge on any atom is -0.492 e. The Kier molecular flexibility index (Phi) is 3.39. The second-order valence-electron chi connectivity index (χ2n) is 4.60. The average molecular weight is 297 g/mol. The summed E-state index contributed by atoms with van der Waals surface area (Å²) in [6.45, 7) is 5.18. The maximum atomic E-state index is 12.3. The Balaban J connectivity index is 2.52. The molecule has 0 fully saturated rings. The van der Waals surface area contributed by atoms with Crippen LogP contribution in [0.3, 0.4) is 0 Å². The molecule has 6 nitrogen and oxygen atoms in total. The predicted molar refractivity (Wildman–Crippen MR) is 72.2 cm³/mol. The van der Waals surface area contributed by atoms with Crippen LogP contribution in [0.15, 0.2) is 29.2 Å². The van der Waals surface area contributed by atoms with Gasteiger partial charge in [-0.05, 0) is 31.9 Å². The zero-order valence-electron chi connectivity index (χ0n) is 11.3. The zero-order chi connectivity index (χ0) is 15.1. The zero-order valence-corrected chi connectivity index (χ0v) is 12.1. The van der Waals surface area contributed by atoms with Crippen LogP contribution in [0.2, 0.25) is 0 Å². The summed E-state index contributed by atoms with van der Waals surface area (Å²) >= 11 is 0. The van der Waals surface area contributed by atoms with Crippen LogP contribution in [-0.4, -0.2) is 23.4 Å². The van der Waals surface area contributed by atoms with Gasteiger partial charge < -0.3 is 10.2 Å². The molecule has 0 saturated carbocycles. The Morgan fingerprint density at radius 3 is 1.90 bits per heavy atom. The van der Waals surface area contributed by atoms with E-state index in [9.17, 15) is 18.6 Å². The van der Waals surface area contributed by atoms with Crippen molar-refractivity contribution < 1.29 is 22.9 Å². The lowest BCUT2D eigenvalue weighted by molar-refractivity contribution is 0.203.